The molecular formula is C17H34ClN3O2. The molecule has 1 saturated heterocycles. The fraction of sp³-hybridized carbons (Fsp3) is 0.882. The predicted octanol–water partition coefficient (Wildman–Crippen LogP) is 2.20. The Bertz CT molecular complexity index is 347. The minimum Gasteiger partial charge on any atom is -0.355 e. The summed E-state index contributed by atoms with van der Waals surface area (Å²) in [6, 6.07) is 0. The zero-order valence-electron chi connectivity index (χ0n) is 14.9. The third kappa shape index (κ3) is 8.56. The van der Waals surface area contributed by atoms with Gasteiger partial charge >= 0.3 is 0 Å². The summed E-state index contributed by atoms with van der Waals surface area (Å²) in [5.41, 5.74) is 0. The first-order valence-electron chi connectivity index (χ1n) is 8.83. The molecule has 0 aromatic heterocycles. The van der Waals surface area contributed by atoms with Crippen molar-refractivity contribution >= 4 is 24.2 Å². The van der Waals surface area contributed by atoms with E-state index in [1.807, 2.05) is 13.8 Å². The van der Waals surface area contributed by atoms with Gasteiger partial charge in [-0.25, -0.2) is 0 Å². The van der Waals surface area contributed by atoms with Gasteiger partial charge in [-0.2, -0.15) is 0 Å². The maximum absolute atomic E-state index is 12.5. The summed E-state index contributed by atoms with van der Waals surface area (Å²) < 4.78 is 0. The standard InChI is InChI=1S/C17H33N3O2.ClH/c1-4-8-19-16(21)13-20(11-5-2)17(22)12-14(3)15-6-9-18-10-7-15;/h14-15,18H,4-13H2,1-3H3,(H,19,21);1H. The van der Waals surface area contributed by atoms with E-state index in [9.17, 15) is 9.59 Å². The Morgan fingerprint density at radius 1 is 1.22 bits per heavy atom. The van der Waals surface area contributed by atoms with Crippen LogP contribution in [-0.4, -0.2) is 49.4 Å². The fourth-order valence-electron chi connectivity index (χ4n) is 3.04. The van der Waals surface area contributed by atoms with Gasteiger partial charge in [-0.3, -0.25) is 9.59 Å². The average molecular weight is 348 g/mol. The lowest BCUT2D eigenvalue weighted by atomic mass is 9.84. The van der Waals surface area contributed by atoms with E-state index in [1.165, 1.54) is 0 Å². The summed E-state index contributed by atoms with van der Waals surface area (Å²) >= 11 is 0. The summed E-state index contributed by atoms with van der Waals surface area (Å²) in [7, 11) is 0. The van der Waals surface area contributed by atoms with E-state index in [1.54, 1.807) is 4.90 Å². The van der Waals surface area contributed by atoms with E-state index in [2.05, 4.69) is 17.6 Å². The largest absolute Gasteiger partial charge is 0.355 e. The number of amides is 2. The van der Waals surface area contributed by atoms with E-state index < -0.39 is 0 Å². The van der Waals surface area contributed by atoms with Crippen LogP contribution in [0.1, 0.15) is 52.9 Å². The third-order valence-corrected chi connectivity index (χ3v) is 4.44. The van der Waals surface area contributed by atoms with Gasteiger partial charge in [-0.1, -0.05) is 20.8 Å². The molecule has 1 fully saturated rings. The van der Waals surface area contributed by atoms with E-state index in [0.717, 1.165) is 38.8 Å². The number of nitrogens with one attached hydrogen (secondary N) is 2. The van der Waals surface area contributed by atoms with Crippen molar-refractivity contribution in [2.75, 3.05) is 32.7 Å². The third-order valence-electron chi connectivity index (χ3n) is 4.44. The maximum atomic E-state index is 12.5. The molecule has 1 aliphatic heterocycles. The van der Waals surface area contributed by atoms with Gasteiger partial charge in [-0.15, -0.1) is 12.4 Å². The van der Waals surface area contributed by atoms with Crippen molar-refractivity contribution < 1.29 is 9.59 Å². The van der Waals surface area contributed by atoms with Crippen LogP contribution in [0.3, 0.4) is 0 Å². The summed E-state index contributed by atoms with van der Waals surface area (Å²) in [6.45, 7) is 9.90. The van der Waals surface area contributed by atoms with Gasteiger partial charge < -0.3 is 15.5 Å². The molecule has 23 heavy (non-hydrogen) atoms. The zero-order chi connectivity index (χ0) is 16.4. The van der Waals surface area contributed by atoms with Crippen molar-refractivity contribution in [2.45, 2.75) is 52.9 Å². The Hall–Kier alpha value is -0.810. The first-order valence-corrected chi connectivity index (χ1v) is 8.83. The number of nitrogens with zero attached hydrogens (tertiary/aromatic N) is 1. The van der Waals surface area contributed by atoms with Crippen molar-refractivity contribution in [1.82, 2.24) is 15.5 Å². The van der Waals surface area contributed by atoms with Crippen molar-refractivity contribution in [2.24, 2.45) is 11.8 Å². The minimum absolute atomic E-state index is 0. The van der Waals surface area contributed by atoms with Crippen molar-refractivity contribution in [3.8, 4) is 0 Å². The maximum Gasteiger partial charge on any atom is 0.239 e. The summed E-state index contributed by atoms with van der Waals surface area (Å²) in [5.74, 6) is 1.10. The fourth-order valence-corrected chi connectivity index (χ4v) is 3.04. The van der Waals surface area contributed by atoms with Crippen LogP contribution in [0.25, 0.3) is 0 Å². The first kappa shape index (κ1) is 22.2. The van der Waals surface area contributed by atoms with Crippen molar-refractivity contribution in [1.29, 1.82) is 0 Å². The first-order chi connectivity index (χ1) is 10.6. The molecule has 0 radical (unpaired) electrons. The van der Waals surface area contributed by atoms with Crippen LogP contribution in [0, 0.1) is 11.8 Å². The van der Waals surface area contributed by atoms with E-state index in [-0.39, 0.29) is 30.8 Å². The van der Waals surface area contributed by atoms with Crippen LogP contribution in [0.5, 0.6) is 0 Å². The van der Waals surface area contributed by atoms with Gasteiger partial charge in [0.1, 0.15) is 0 Å². The van der Waals surface area contributed by atoms with Gasteiger partial charge in [0.05, 0.1) is 6.54 Å². The van der Waals surface area contributed by atoms with Gasteiger partial charge in [0.15, 0.2) is 0 Å². The SMILES string of the molecule is CCCNC(=O)CN(CCC)C(=O)CC(C)C1CCNCC1.Cl. The summed E-state index contributed by atoms with van der Waals surface area (Å²) in [4.78, 5) is 26.1. The second-order valence-corrected chi connectivity index (χ2v) is 6.43. The Balaban J connectivity index is 0.00000484. The Kier molecular flexibility index (Phi) is 12.1. The molecular weight excluding hydrogens is 314 g/mol. The van der Waals surface area contributed by atoms with Crippen LogP contribution in [0.2, 0.25) is 0 Å². The molecule has 1 heterocycles. The Morgan fingerprint density at radius 3 is 2.43 bits per heavy atom. The van der Waals surface area contributed by atoms with Gasteiger partial charge in [0, 0.05) is 19.5 Å². The van der Waals surface area contributed by atoms with Crippen LogP contribution in [0.15, 0.2) is 0 Å². The molecule has 0 aliphatic carbocycles. The highest BCUT2D eigenvalue weighted by Crippen LogP contribution is 2.24. The molecule has 1 rings (SSSR count). The van der Waals surface area contributed by atoms with Gasteiger partial charge in [0.25, 0.3) is 0 Å². The quantitative estimate of drug-likeness (QED) is 0.672. The van der Waals surface area contributed by atoms with E-state index in [0.29, 0.717) is 31.3 Å². The highest BCUT2D eigenvalue weighted by Gasteiger charge is 2.24. The van der Waals surface area contributed by atoms with Gasteiger partial charge in [-0.05, 0) is 50.6 Å². The lowest BCUT2D eigenvalue weighted by Gasteiger charge is -2.30. The van der Waals surface area contributed by atoms with Crippen LogP contribution >= 0.6 is 12.4 Å². The Labute approximate surface area is 147 Å². The normalized spacial score (nSPS) is 16.3. The number of hydrogen-bond acceptors (Lipinski definition) is 3. The molecule has 1 atom stereocenters. The molecule has 136 valence electrons. The van der Waals surface area contributed by atoms with Crippen molar-refractivity contribution in [3.63, 3.8) is 0 Å². The minimum atomic E-state index is -0.0434. The molecule has 5 nitrogen and oxygen atoms in total. The summed E-state index contributed by atoms with van der Waals surface area (Å²) in [6.07, 6.45) is 4.67. The molecule has 0 aromatic carbocycles. The lowest BCUT2D eigenvalue weighted by Crippen LogP contribution is -2.42. The molecule has 0 aromatic rings. The highest BCUT2D eigenvalue weighted by molar-refractivity contribution is 5.85. The Morgan fingerprint density at radius 2 is 1.87 bits per heavy atom. The molecule has 0 bridgehead atoms. The number of halogens is 1. The van der Waals surface area contributed by atoms with Crippen molar-refractivity contribution in [3.05, 3.63) is 0 Å². The number of carbonyl (C=O) groups excluding carboxylic acids is 2. The lowest BCUT2D eigenvalue weighted by molar-refractivity contribution is -0.137. The molecule has 6 heteroatoms. The molecule has 1 unspecified atom stereocenters. The predicted molar refractivity (Wildman–Crippen MR) is 96.8 cm³/mol. The second-order valence-electron chi connectivity index (χ2n) is 6.43. The van der Waals surface area contributed by atoms with E-state index in [4.69, 9.17) is 0 Å². The number of hydrogen-bond donors (Lipinski definition) is 2. The molecule has 2 amide bonds. The number of piperidine rings is 1. The number of carbonyl (C=O) groups is 2. The number of rotatable bonds is 9. The van der Waals surface area contributed by atoms with Crippen LogP contribution in [0.4, 0.5) is 0 Å². The smallest absolute Gasteiger partial charge is 0.239 e. The molecule has 0 spiro atoms. The average Bonchev–Trinajstić information content (AvgIpc) is 2.53. The second kappa shape index (κ2) is 12.6. The van der Waals surface area contributed by atoms with Gasteiger partial charge in [0.2, 0.25) is 11.8 Å². The highest BCUT2D eigenvalue weighted by atomic mass is 35.5. The molecule has 1 aliphatic rings. The molecule has 0 saturated carbocycles. The monoisotopic (exact) mass is 347 g/mol. The molecule has 2 N–H and O–H groups in total. The summed E-state index contributed by atoms with van der Waals surface area (Å²) in [5, 5.41) is 6.22. The van der Waals surface area contributed by atoms with E-state index >= 15 is 0 Å². The van der Waals surface area contributed by atoms with Crippen LogP contribution < -0.4 is 10.6 Å². The topological polar surface area (TPSA) is 61.4 Å². The zero-order valence-corrected chi connectivity index (χ0v) is 15.7. The van der Waals surface area contributed by atoms with Crippen LogP contribution in [-0.2, 0) is 9.59 Å².